The van der Waals surface area contributed by atoms with Crippen molar-refractivity contribution in [2.24, 2.45) is 0 Å². The number of carbonyl (C=O) groups is 1. The van der Waals surface area contributed by atoms with Crippen LogP contribution in [0.3, 0.4) is 0 Å². The van der Waals surface area contributed by atoms with Crippen molar-refractivity contribution in [2.45, 2.75) is 25.9 Å². The van der Waals surface area contributed by atoms with Crippen molar-refractivity contribution in [3.05, 3.63) is 77.5 Å². The summed E-state index contributed by atoms with van der Waals surface area (Å²) in [4.78, 5) is 16.5. The van der Waals surface area contributed by atoms with Crippen LogP contribution in [0.25, 0.3) is 21.7 Å². The molecule has 4 aromatic rings. The van der Waals surface area contributed by atoms with Crippen LogP contribution in [0.15, 0.2) is 60.7 Å². The van der Waals surface area contributed by atoms with Crippen LogP contribution in [0, 0.1) is 6.92 Å². The van der Waals surface area contributed by atoms with E-state index in [1.807, 2.05) is 42.5 Å². The maximum atomic E-state index is 14.1. The molecule has 0 amide bonds. The van der Waals surface area contributed by atoms with Crippen molar-refractivity contribution in [2.75, 3.05) is 32.9 Å². The zero-order valence-electron chi connectivity index (χ0n) is 19.1. The minimum Gasteiger partial charge on any atom is -0.489 e. The molecule has 1 fully saturated rings. The number of para-hydroxylation sites is 1. The molecule has 2 unspecified atom stereocenters. The van der Waals surface area contributed by atoms with Gasteiger partial charge in [-0.3, -0.25) is 9.69 Å². The lowest BCUT2D eigenvalue weighted by Gasteiger charge is -2.39. The van der Waals surface area contributed by atoms with E-state index in [1.54, 1.807) is 0 Å². The summed E-state index contributed by atoms with van der Waals surface area (Å²) in [5.41, 5.74) is 3.59. The average Bonchev–Trinajstić information content (AvgIpc) is 3.17. The minimum atomic E-state index is 0.0740. The lowest BCUT2D eigenvalue weighted by atomic mass is 9.95. The Morgan fingerprint density at radius 3 is 2.55 bits per heavy atom. The average molecular weight is 441 g/mol. The lowest BCUT2D eigenvalue weighted by molar-refractivity contribution is 0.00253. The monoisotopic (exact) mass is 440 g/mol. The van der Waals surface area contributed by atoms with E-state index in [4.69, 9.17) is 9.47 Å². The second kappa shape index (κ2) is 8.01. The van der Waals surface area contributed by atoms with Crippen molar-refractivity contribution in [1.29, 1.82) is 0 Å². The predicted molar refractivity (Wildman–Crippen MR) is 130 cm³/mol. The molecule has 0 spiro atoms. The number of fused-ring (bicyclic) bond motifs is 1. The van der Waals surface area contributed by atoms with Crippen molar-refractivity contribution < 1.29 is 14.3 Å². The summed E-state index contributed by atoms with van der Waals surface area (Å²) in [6.07, 6.45) is 0. The van der Waals surface area contributed by atoms with Gasteiger partial charge in [0, 0.05) is 35.8 Å². The highest BCUT2D eigenvalue weighted by Crippen LogP contribution is 2.41. The quantitative estimate of drug-likeness (QED) is 0.420. The fourth-order valence-electron chi connectivity index (χ4n) is 5.66. The molecule has 0 N–H and O–H groups in total. The molecule has 1 aromatic heterocycles. The highest BCUT2D eigenvalue weighted by Gasteiger charge is 2.35. The minimum absolute atomic E-state index is 0.0740. The smallest absolute Gasteiger partial charge is 0.196 e. The second-order valence-electron chi connectivity index (χ2n) is 9.11. The van der Waals surface area contributed by atoms with Crippen LogP contribution < -0.4 is 4.74 Å². The van der Waals surface area contributed by atoms with E-state index in [0.29, 0.717) is 6.61 Å². The fourth-order valence-corrected chi connectivity index (χ4v) is 5.66. The molecule has 6 rings (SSSR count). The van der Waals surface area contributed by atoms with Crippen LogP contribution in [-0.4, -0.2) is 54.2 Å². The first kappa shape index (κ1) is 20.5. The van der Waals surface area contributed by atoms with Crippen LogP contribution in [0.5, 0.6) is 5.75 Å². The summed E-state index contributed by atoms with van der Waals surface area (Å²) in [7, 11) is 0. The first-order valence-electron chi connectivity index (χ1n) is 11.8. The van der Waals surface area contributed by atoms with Crippen LogP contribution in [0.2, 0.25) is 0 Å². The maximum Gasteiger partial charge on any atom is 0.196 e. The number of aromatic nitrogens is 1. The molecule has 0 bridgehead atoms. The molecular formula is C28H28N2O3. The van der Waals surface area contributed by atoms with Gasteiger partial charge in [0.25, 0.3) is 0 Å². The van der Waals surface area contributed by atoms with E-state index in [2.05, 4.69) is 41.5 Å². The van der Waals surface area contributed by atoms with E-state index in [1.165, 1.54) is 0 Å². The van der Waals surface area contributed by atoms with E-state index in [9.17, 15) is 4.79 Å². The first-order valence-corrected chi connectivity index (χ1v) is 11.8. The number of ketones is 1. The van der Waals surface area contributed by atoms with Gasteiger partial charge in [-0.1, -0.05) is 54.6 Å². The Morgan fingerprint density at radius 2 is 1.70 bits per heavy atom. The van der Waals surface area contributed by atoms with Gasteiger partial charge in [-0.2, -0.15) is 0 Å². The van der Waals surface area contributed by atoms with Crippen molar-refractivity contribution in [3.8, 4) is 5.75 Å². The molecule has 168 valence electrons. The number of morpholine rings is 1. The van der Waals surface area contributed by atoms with E-state index >= 15 is 0 Å². The normalized spacial score (nSPS) is 19.5. The number of ether oxygens (including phenoxy) is 2. The maximum absolute atomic E-state index is 14.1. The van der Waals surface area contributed by atoms with Crippen LogP contribution in [0.4, 0.5) is 0 Å². The van der Waals surface area contributed by atoms with Gasteiger partial charge in [-0.15, -0.1) is 0 Å². The summed E-state index contributed by atoms with van der Waals surface area (Å²) in [6, 6.07) is 20.6. The van der Waals surface area contributed by atoms with Gasteiger partial charge in [0.1, 0.15) is 12.4 Å². The number of nitrogens with zero attached hydrogens (tertiary/aromatic N) is 2. The third kappa shape index (κ3) is 3.18. The molecular weight excluding hydrogens is 412 g/mol. The van der Waals surface area contributed by atoms with Crippen molar-refractivity contribution in [1.82, 2.24) is 9.47 Å². The van der Waals surface area contributed by atoms with Gasteiger partial charge in [-0.05, 0) is 30.7 Å². The molecule has 33 heavy (non-hydrogen) atoms. The number of carbonyl (C=O) groups excluding carboxylic acids is 1. The van der Waals surface area contributed by atoms with E-state index < -0.39 is 0 Å². The molecule has 2 aliphatic heterocycles. The molecule has 1 saturated heterocycles. The Hall–Kier alpha value is -3.15. The first-order chi connectivity index (χ1) is 16.1. The summed E-state index contributed by atoms with van der Waals surface area (Å²) in [5.74, 6) is 0.933. The van der Waals surface area contributed by atoms with Crippen LogP contribution in [0.1, 0.15) is 34.6 Å². The molecule has 5 nitrogen and oxygen atoms in total. The van der Waals surface area contributed by atoms with Gasteiger partial charge < -0.3 is 14.0 Å². The Morgan fingerprint density at radius 1 is 0.970 bits per heavy atom. The zero-order valence-corrected chi connectivity index (χ0v) is 19.1. The van der Waals surface area contributed by atoms with E-state index in [0.717, 1.165) is 70.5 Å². The molecule has 0 aliphatic carbocycles. The molecule has 0 saturated carbocycles. The van der Waals surface area contributed by atoms with Gasteiger partial charge in [0.05, 0.1) is 30.3 Å². The Balaban J connectivity index is 1.52. The van der Waals surface area contributed by atoms with Crippen LogP contribution in [-0.2, 0) is 4.74 Å². The highest BCUT2D eigenvalue weighted by molar-refractivity contribution is 6.22. The highest BCUT2D eigenvalue weighted by atomic mass is 16.5. The fraction of sp³-hybridized carbons (Fsp3) is 0.321. The van der Waals surface area contributed by atoms with Gasteiger partial charge in [0.15, 0.2) is 5.78 Å². The molecule has 0 radical (unpaired) electrons. The molecule has 2 atom stereocenters. The SMILES string of the molecule is Cc1c(C(=O)c2cccc3ccccc23)c2cccc3c2n1C(C(C)N1CCOCC1)CO3. The number of rotatable bonds is 4. The third-order valence-corrected chi connectivity index (χ3v) is 7.41. The van der Waals surface area contributed by atoms with Crippen LogP contribution >= 0.6 is 0 Å². The topological polar surface area (TPSA) is 43.7 Å². The largest absolute Gasteiger partial charge is 0.489 e. The number of benzene rings is 3. The molecule has 3 heterocycles. The molecule has 3 aromatic carbocycles. The van der Waals surface area contributed by atoms with Gasteiger partial charge >= 0.3 is 0 Å². The van der Waals surface area contributed by atoms with Crippen molar-refractivity contribution >= 4 is 27.5 Å². The van der Waals surface area contributed by atoms with Crippen molar-refractivity contribution in [3.63, 3.8) is 0 Å². The summed E-state index contributed by atoms with van der Waals surface area (Å²) in [6.45, 7) is 8.33. The summed E-state index contributed by atoms with van der Waals surface area (Å²) >= 11 is 0. The van der Waals surface area contributed by atoms with E-state index in [-0.39, 0.29) is 17.9 Å². The number of hydrogen-bond donors (Lipinski definition) is 0. The third-order valence-electron chi connectivity index (χ3n) is 7.41. The lowest BCUT2D eigenvalue weighted by Crippen LogP contribution is -2.48. The Kier molecular flexibility index (Phi) is 4.97. The molecule has 2 aliphatic rings. The summed E-state index contributed by atoms with van der Waals surface area (Å²) < 4.78 is 14.2. The zero-order chi connectivity index (χ0) is 22.5. The molecule has 5 heteroatoms. The standard InChI is InChI=1S/C28H28N2O3/c1-18(29-13-15-32-16-14-29)24-17-33-25-12-6-11-23-26(19(2)30(24)27(23)25)28(31)22-10-5-8-20-7-3-4-9-21(20)22/h3-12,18,24H,13-17H2,1-2H3. The second-order valence-corrected chi connectivity index (χ2v) is 9.11. The Bertz CT molecular complexity index is 1360. The number of hydrogen-bond acceptors (Lipinski definition) is 4. The van der Waals surface area contributed by atoms with Gasteiger partial charge in [-0.25, -0.2) is 0 Å². The van der Waals surface area contributed by atoms with Gasteiger partial charge in [0.2, 0.25) is 0 Å². The predicted octanol–water partition coefficient (Wildman–Crippen LogP) is 4.99. The Labute approximate surface area is 193 Å². The summed E-state index contributed by atoms with van der Waals surface area (Å²) in [5, 5.41) is 3.05.